The monoisotopic (exact) mass is 203 g/mol. The van der Waals surface area contributed by atoms with E-state index in [0.717, 1.165) is 6.07 Å². The third-order valence-electron chi connectivity index (χ3n) is 2.00. The number of hydrogen-bond acceptors (Lipinski definition) is 3. The standard InChI is InChI=1S/C9H11F2NO2/c1-12-6(4-13)5-2-3-7(14)9(11)8(5)10/h2-3,6,12-14H,4H2,1H3/t6-/m1/s1. The van der Waals surface area contributed by atoms with E-state index < -0.39 is 23.4 Å². The summed E-state index contributed by atoms with van der Waals surface area (Å²) in [4.78, 5) is 0. The zero-order valence-electron chi connectivity index (χ0n) is 7.59. The summed E-state index contributed by atoms with van der Waals surface area (Å²) in [5.74, 6) is -3.17. The Morgan fingerprint density at radius 3 is 2.50 bits per heavy atom. The lowest BCUT2D eigenvalue weighted by atomic mass is 10.1. The minimum Gasteiger partial charge on any atom is -0.505 e. The molecule has 5 heteroatoms. The van der Waals surface area contributed by atoms with Gasteiger partial charge >= 0.3 is 0 Å². The lowest BCUT2D eigenvalue weighted by Crippen LogP contribution is -2.21. The van der Waals surface area contributed by atoms with Crippen molar-refractivity contribution in [3.8, 4) is 5.75 Å². The van der Waals surface area contributed by atoms with Crippen LogP contribution in [0, 0.1) is 11.6 Å². The molecule has 0 saturated heterocycles. The molecule has 3 nitrogen and oxygen atoms in total. The van der Waals surface area contributed by atoms with Crippen LogP contribution in [0.3, 0.4) is 0 Å². The number of aromatic hydroxyl groups is 1. The van der Waals surface area contributed by atoms with Gasteiger partial charge in [-0.15, -0.1) is 0 Å². The molecule has 0 aliphatic carbocycles. The zero-order chi connectivity index (χ0) is 10.7. The van der Waals surface area contributed by atoms with Gasteiger partial charge in [-0.25, -0.2) is 4.39 Å². The Labute approximate surface area is 80.0 Å². The average molecular weight is 203 g/mol. The van der Waals surface area contributed by atoms with Gasteiger partial charge in [-0.3, -0.25) is 0 Å². The van der Waals surface area contributed by atoms with E-state index in [4.69, 9.17) is 10.2 Å². The number of rotatable bonds is 3. The fraction of sp³-hybridized carbons (Fsp3) is 0.333. The van der Waals surface area contributed by atoms with Gasteiger partial charge in [-0.1, -0.05) is 6.07 Å². The molecular formula is C9H11F2NO2. The second-order valence-corrected chi connectivity index (χ2v) is 2.83. The van der Waals surface area contributed by atoms with Crippen molar-refractivity contribution in [3.63, 3.8) is 0 Å². The summed E-state index contributed by atoms with van der Waals surface area (Å²) < 4.78 is 26.1. The van der Waals surface area contributed by atoms with Crippen molar-refractivity contribution in [2.24, 2.45) is 0 Å². The highest BCUT2D eigenvalue weighted by Gasteiger charge is 2.18. The van der Waals surface area contributed by atoms with Crippen molar-refractivity contribution in [1.82, 2.24) is 5.32 Å². The third-order valence-corrected chi connectivity index (χ3v) is 2.00. The SMILES string of the molecule is CN[C@H](CO)c1ccc(O)c(F)c1F. The van der Waals surface area contributed by atoms with Crippen molar-refractivity contribution in [1.29, 1.82) is 0 Å². The molecule has 0 amide bonds. The zero-order valence-corrected chi connectivity index (χ0v) is 7.59. The van der Waals surface area contributed by atoms with E-state index in [1.807, 2.05) is 0 Å². The van der Waals surface area contributed by atoms with Crippen molar-refractivity contribution >= 4 is 0 Å². The summed E-state index contributed by atoms with van der Waals surface area (Å²) in [5, 5.41) is 20.3. The van der Waals surface area contributed by atoms with E-state index >= 15 is 0 Å². The van der Waals surface area contributed by atoms with Crippen LogP contribution < -0.4 is 5.32 Å². The second kappa shape index (κ2) is 4.34. The van der Waals surface area contributed by atoms with E-state index in [-0.39, 0.29) is 12.2 Å². The highest BCUT2D eigenvalue weighted by Crippen LogP contribution is 2.25. The Balaban J connectivity index is 3.16. The number of aliphatic hydroxyl groups is 1. The lowest BCUT2D eigenvalue weighted by Gasteiger charge is -2.14. The Bertz CT molecular complexity index is 327. The molecule has 1 aromatic carbocycles. The molecule has 0 unspecified atom stereocenters. The Morgan fingerprint density at radius 1 is 1.36 bits per heavy atom. The fourth-order valence-corrected chi connectivity index (χ4v) is 1.17. The van der Waals surface area contributed by atoms with Gasteiger partial charge in [0, 0.05) is 5.56 Å². The molecule has 1 aromatic rings. The summed E-state index contributed by atoms with van der Waals surface area (Å²) in [6.07, 6.45) is 0. The number of hydrogen-bond donors (Lipinski definition) is 3. The van der Waals surface area contributed by atoms with Crippen LogP contribution in [-0.4, -0.2) is 23.9 Å². The van der Waals surface area contributed by atoms with Gasteiger partial charge < -0.3 is 15.5 Å². The van der Waals surface area contributed by atoms with Gasteiger partial charge in [0.05, 0.1) is 12.6 Å². The van der Waals surface area contributed by atoms with Crippen LogP contribution >= 0.6 is 0 Å². The van der Waals surface area contributed by atoms with Crippen LogP contribution in [0.2, 0.25) is 0 Å². The molecule has 0 aromatic heterocycles. The molecule has 1 atom stereocenters. The Kier molecular flexibility index (Phi) is 3.38. The van der Waals surface area contributed by atoms with Crippen molar-refractivity contribution in [2.75, 3.05) is 13.7 Å². The number of likely N-dealkylation sites (N-methyl/N-ethyl adjacent to an activating group) is 1. The van der Waals surface area contributed by atoms with E-state index in [9.17, 15) is 8.78 Å². The van der Waals surface area contributed by atoms with Crippen LogP contribution in [-0.2, 0) is 0 Å². The normalized spacial score (nSPS) is 12.9. The van der Waals surface area contributed by atoms with Gasteiger partial charge in [-0.05, 0) is 13.1 Å². The minimum atomic E-state index is -1.30. The first kappa shape index (κ1) is 10.9. The molecule has 3 N–H and O–H groups in total. The molecule has 0 heterocycles. The molecule has 78 valence electrons. The number of phenols is 1. The second-order valence-electron chi connectivity index (χ2n) is 2.83. The van der Waals surface area contributed by atoms with Gasteiger partial charge in [-0.2, -0.15) is 4.39 Å². The third kappa shape index (κ3) is 1.83. The maximum atomic E-state index is 13.2. The molecule has 0 bridgehead atoms. The predicted molar refractivity (Wildman–Crippen MR) is 46.9 cm³/mol. The number of phenolic OH excluding ortho intramolecular Hbond substituents is 1. The molecule has 0 fully saturated rings. The molecule has 0 aliphatic rings. The quantitative estimate of drug-likeness (QED) is 0.684. The average Bonchev–Trinajstić information content (AvgIpc) is 2.19. The summed E-state index contributed by atoms with van der Waals surface area (Å²) in [5.41, 5.74) is -0.00898. The highest BCUT2D eigenvalue weighted by molar-refractivity contribution is 5.31. The molecule has 0 saturated carbocycles. The molecule has 0 aliphatic heterocycles. The van der Waals surface area contributed by atoms with Crippen LogP contribution in [0.1, 0.15) is 11.6 Å². The van der Waals surface area contributed by atoms with Gasteiger partial charge in [0.2, 0.25) is 5.82 Å². The first-order chi connectivity index (χ1) is 6.61. The molecule has 0 spiro atoms. The maximum absolute atomic E-state index is 13.2. The number of halogens is 2. The van der Waals surface area contributed by atoms with Crippen molar-refractivity contribution in [3.05, 3.63) is 29.3 Å². The van der Waals surface area contributed by atoms with E-state index in [0.29, 0.717) is 0 Å². The first-order valence-corrected chi connectivity index (χ1v) is 4.06. The van der Waals surface area contributed by atoms with Crippen LogP contribution in [0.25, 0.3) is 0 Å². The summed E-state index contributed by atoms with van der Waals surface area (Å²) in [6, 6.07) is 1.60. The van der Waals surface area contributed by atoms with Gasteiger partial charge in [0.25, 0.3) is 0 Å². The first-order valence-electron chi connectivity index (χ1n) is 4.06. The Morgan fingerprint density at radius 2 is 2.00 bits per heavy atom. The van der Waals surface area contributed by atoms with Gasteiger partial charge in [0.1, 0.15) is 0 Å². The molecule has 14 heavy (non-hydrogen) atoms. The summed E-state index contributed by atoms with van der Waals surface area (Å²) >= 11 is 0. The molecule has 1 rings (SSSR count). The summed E-state index contributed by atoms with van der Waals surface area (Å²) in [7, 11) is 1.52. The van der Waals surface area contributed by atoms with Gasteiger partial charge in [0.15, 0.2) is 11.6 Å². The van der Waals surface area contributed by atoms with Crippen LogP contribution in [0.4, 0.5) is 8.78 Å². The smallest absolute Gasteiger partial charge is 0.200 e. The van der Waals surface area contributed by atoms with Crippen LogP contribution in [0.5, 0.6) is 5.75 Å². The van der Waals surface area contributed by atoms with E-state index in [1.54, 1.807) is 0 Å². The predicted octanol–water partition coefficient (Wildman–Crippen LogP) is 0.923. The van der Waals surface area contributed by atoms with E-state index in [1.165, 1.54) is 13.1 Å². The number of benzene rings is 1. The largest absolute Gasteiger partial charge is 0.505 e. The van der Waals surface area contributed by atoms with Crippen molar-refractivity contribution in [2.45, 2.75) is 6.04 Å². The van der Waals surface area contributed by atoms with Crippen molar-refractivity contribution < 1.29 is 19.0 Å². The number of nitrogens with one attached hydrogen (secondary N) is 1. The fourth-order valence-electron chi connectivity index (χ4n) is 1.17. The topological polar surface area (TPSA) is 52.5 Å². The molecule has 0 radical (unpaired) electrons. The maximum Gasteiger partial charge on any atom is 0.200 e. The Hall–Kier alpha value is -1.20. The number of aliphatic hydroxyl groups excluding tert-OH is 1. The summed E-state index contributed by atoms with van der Waals surface area (Å²) in [6.45, 7) is -0.350. The highest BCUT2D eigenvalue weighted by atomic mass is 19.2. The van der Waals surface area contributed by atoms with Crippen LogP contribution in [0.15, 0.2) is 12.1 Å². The van der Waals surface area contributed by atoms with E-state index in [2.05, 4.69) is 5.32 Å². The minimum absolute atomic E-state index is 0.00898. The molecular weight excluding hydrogens is 192 g/mol. The lowest BCUT2D eigenvalue weighted by molar-refractivity contribution is 0.246.